The Kier molecular flexibility index (Phi) is 6.71. The molecule has 4 aliphatic rings. The van der Waals surface area contributed by atoms with Crippen LogP contribution in [0.3, 0.4) is 0 Å². The van der Waals surface area contributed by atoms with Gasteiger partial charge < -0.3 is 4.74 Å². The smallest absolute Gasteiger partial charge is 0.308 e. The van der Waals surface area contributed by atoms with Crippen LogP contribution in [-0.2, 0) is 19.1 Å². The van der Waals surface area contributed by atoms with Gasteiger partial charge in [-0.15, -0.1) is 0 Å². The van der Waals surface area contributed by atoms with Gasteiger partial charge in [0.1, 0.15) is 6.07 Å². The highest BCUT2D eigenvalue weighted by Crippen LogP contribution is 2.70. The van der Waals surface area contributed by atoms with Gasteiger partial charge in [0.15, 0.2) is 11.6 Å². The van der Waals surface area contributed by atoms with Gasteiger partial charge in [-0.1, -0.05) is 60.1 Å². The van der Waals surface area contributed by atoms with Gasteiger partial charge >= 0.3 is 5.97 Å². The maximum absolute atomic E-state index is 14.0. The van der Waals surface area contributed by atoms with Gasteiger partial charge in [-0.2, -0.15) is 5.26 Å². The van der Waals surface area contributed by atoms with Gasteiger partial charge in [-0.3, -0.25) is 14.4 Å². The lowest BCUT2D eigenvalue weighted by Gasteiger charge is -2.64. The van der Waals surface area contributed by atoms with E-state index in [-0.39, 0.29) is 57.1 Å². The van der Waals surface area contributed by atoms with Gasteiger partial charge in [0.2, 0.25) is 0 Å². The summed E-state index contributed by atoms with van der Waals surface area (Å²) in [4.78, 5) is 40.0. The molecule has 0 spiro atoms. The largest absolute Gasteiger partial charge is 0.469 e. The fraction of sp³-hybridized carbons (Fsp3) is 0.750. The number of esters is 1. The van der Waals surface area contributed by atoms with Crippen molar-refractivity contribution in [2.24, 2.45) is 44.8 Å². The summed E-state index contributed by atoms with van der Waals surface area (Å²) in [6, 6.07) is 2.17. The number of nitrogens with zero attached hydrogens (tertiary/aromatic N) is 1. The van der Waals surface area contributed by atoms with Crippen molar-refractivity contribution in [2.45, 2.75) is 99.8 Å². The molecule has 0 aromatic rings. The molecule has 37 heavy (non-hydrogen) atoms. The molecule has 0 aromatic carbocycles. The lowest BCUT2D eigenvalue weighted by Crippen LogP contribution is -2.60. The molecular formula is C32H45NO4. The Hall–Kier alpha value is -2.22. The van der Waals surface area contributed by atoms with Crippen LogP contribution >= 0.6 is 0 Å². The fourth-order valence-corrected chi connectivity index (χ4v) is 8.90. The Bertz CT molecular complexity index is 1120. The van der Waals surface area contributed by atoms with E-state index in [1.165, 1.54) is 7.11 Å². The van der Waals surface area contributed by atoms with Crippen LogP contribution in [0.2, 0.25) is 0 Å². The molecule has 1 unspecified atom stereocenters. The number of ether oxygens (including phenoxy) is 1. The van der Waals surface area contributed by atoms with E-state index in [0.717, 1.165) is 50.5 Å². The van der Waals surface area contributed by atoms with E-state index in [0.29, 0.717) is 6.42 Å². The number of Topliss-reactive ketones (excluding diaryl/α,β-unsaturated/α-hetero) is 1. The number of ketones is 2. The average molecular weight is 508 g/mol. The van der Waals surface area contributed by atoms with E-state index >= 15 is 0 Å². The number of allylic oxidation sites excluding steroid dienone is 4. The number of hydrogen-bond donors (Lipinski definition) is 0. The first-order chi connectivity index (χ1) is 17.1. The van der Waals surface area contributed by atoms with E-state index in [1.54, 1.807) is 0 Å². The van der Waals surface area contributed by atoms with Crippen molar-refractivity contribution >= 4 is 17.5 Å². The van der Waals surface area contributed by atoms with Crippen LogP contribution in [0.4, 0.5) is 0 Å². The highest BCUT2D eigenvalue weighted by Gasteiger charge is 2.65. The van der Waals surface area contributed by atoms with Crippen LogP contribution in [0, 0.1) is 56.2 Å². The number of carbonyl (C=O) groups excluding carboxylic acids is 3. The molecule has 0 aromatic heterocycles. The Morgan fingerprint density at radius 2 is 1.57 bits per heavy atom. The van der Waals surface area contributed by atoms with Crippen LogP contribution in [0.25, 0.3) is 0 Å². The molecule has 0 saturated heterocycles. The molecule has 0 radical (unpaired) electrons. The molecule has 4 rings (SSSR count). The Morgan fingerprint density at radius 3 is 2.19 bits per heavy atom. The lowest BCUT2D eigenvalue weighted by molar-refractivity contribution is -0.147. The molecule has 0 amide bonds. The minimum Gasteiger partial charge on any atom is -0.469 e. The third-order valence-corrected chi connectivity index (χ3v) is 11.6. The van der Waals surface area contributed by atoms with Gasteiger partial charge in [-0.25, -0.2) is 0 Å². The minimum absolute atomic E-state index is 0.0261. The van der Waals surface area contributed by atoms with E-state index < -0.39 is 10.8 Å². The van der Waals surface area contributed by atoms with Crippen LogP contribution in [0.5, 0.6) is 0 Å². The van der Waals surface area contributed by atoms with E-state index in [1.807, 2.05) is 26.0 Å². The second-order valence-corrected chi connectivity index (χ2v) is 14.4. The maximum atomic E-state index is 14.0. The molecule has 6 atom stereocenters. The summed E-state index contributed by atoms with van der Waals surface area (Å²) in [6.45, 7) is 15.2. The molecule has 0 heterocycles. The van der Waals surface area contributed by atoms with Gasteiger partial charge in [0.05, 0.1) is 18.6 Å². The molecule has 5 heteroatoms. The minimum atomic E-state index is -0.673. The lowest BCUT2D eigenvalue weighted by atomic mass is 9.38. The SMILES string of the molecule is COC(=O)[C@H]1CCC(C)(C)CCC2C(=O)C=C3[C@@]4(C)C=C(C#N)C(=O)C(C)(C)[C@@H]4CC[C@@]3(C)[C@]2(C)CC1. The number of methoxy groups -OCH3 is 1. The first-order valence-corrected chi connectivity index (χ1v) is 14.1. The Balaban J connectivity index is 1.87. The number of fused-ring (bicyclic) bond motifs is 5. The normalized spacial score (nSPS) is 41.1. The molecule has 5 nitrogen and oxygen atoms in total. The monoisotopic (exact) mass is 507 g/mol. The van der Waals surface area contributed by atoms with Crippen molar-refractivity contribution in [3.8, 4) is 6.07 Å². The number of hydrogen-bond acceptors (Lipinski definition) is 5. The summed E-state index contributed by atoms with van der Waals surface area (Å²) >= 11 is 0. The van der Waals surface area contributed by atoms with E-state index in [9.17, 15) is 19.6 Å². The highest BCUT2D eigenvalue weighted by atomic mass is 16.5. The van der Waals surface area contributed by atoms with Gasteiger partial charge in [-0.05, 0) is 79.6 Å². The van der Waals surface area contributed by atoms with Crippen molar-refractivity contribution < 1.29 is 19.1 Å². The Morgan fingerprint density at radius 1 is 0.946 bits per heavy atom. The standard InChI is InChI=1S/C32H45NO4/c1-28(2)13-9-20(27(36)37-8)10-15-31(6)22(11-14-28)23(34)17-25-30(5)18-21(19-33)26(35)29(3,4)24(30)12-16-32(25,31)7/h17-18,20,22,24H,9-16H2,1-8H3/t20-,22?,24-,30-,31+,32+/m0/s1. The molecule has 4 aliphatic carbocycles. The summed E-state index contributed by atoms with van der Waals surface area (Å²) in [5, 5.41) is 9.86. The number of nitriles is 1. The summed E-state index contributed by atoms with van der Waals surface area (Å²) in [6.07, 6.45) is 10.5. The average Bonchev–Trinajstić information content (AvgIpc) is 2.82. The first kappa shape index (κ1) is 27.8. The quantitative estimate of drug-likeness (QED) is 0.366. The predicted molar refractivity (Wildman–Crippen MR) is 143 cm³/mol. The summed E-state index contributed by atoms with van der Waals surface area (Å²) in [5.41, 5.74) is -0.505. The highest BCUT2D eigenvalue weighted by molar-refractivity contribution is 6.04. The Labute approximate surface area is 223 Å². The topological polar surface area (TPSA) is 84.2 Å². The first-order valence-electron chi connectivity index (χ1n) is 14.1. The molecule has 0 N–H and O–H groups in total. The van der Waals surface area contributed by atoms with Crippen LogP contribution in [-0.4, -0.2) is 24.6 Å². The predicted octanol–water partition coefficient (Wildman–Crippen LogP) is 6.77. The fourth-order valence-electron chi connectivity index (χ4n) is 8.90. The van der Waals surface area contributed by atoms with Crippen molar-refractivity contribution in [2.75, 3.05) is 7.11 Å². The molecule has 202 valence electrons. The third-order valence-electron chi connectivity index (χ3n) is 11.6. The van der Waals surface area contributed by atoms with Crippen molar-refractivity contribution in [3.63, 3.8) is 0 Å². The second-order valence-electron chi connectivity index (χ2n) is 14.4. The van der Waals surface area contributed by atoms with Crippen LogP contribution in [0.1, 0.15) is 99.8 Å². The van der Waals surface area contributed by atoms with Crippen molar-refractivity contribution in [1.29, 1.82) is 5.26 Å². The summed E-state index contributed by atoms with van der Waals surface area (Å²) in [7, 11) is 1.47. The van der Waals surface area contributed by atoms with Crippen molar-refractivity contribution in [1.82, 2.24) is 0 Å². The molecule has 2 fully saturated rings. The summed E-state index contributed by atoms with van der Waals surface area (Å²) < 4.78 is 5.20. The molecule has 2 saturated carbocycles. The number of carbonyl (C=O) groups is 3. The zero-order chi connectivity index (χ0) is 27.6. The number of rotatable bonds is 1. The van der Waals surface area contributed by atoms with Gasteiger partial charge in [0, 0.05) is 16.7 Å². The van der Waals surface area contributed by atoms with E-state index in [2.05, 4.69) is 40.7 Å². The third kappa shape index (κ3) is 4.05. The molecule has 0 aliphatic heterocycles. The second kappa shape index (κ2) is 8.92. The maximum Gasteiger partial charge on any atom is 0.308 e. The van der Waals surface area contributed by atoms with Crippen molar-refractivity contribution in [3.05, 3.63) is 23.3 Å². The van der Waals surface area contributed by atoms with Gasteiger partial charge in [0.25, 0.3) is 0 Å². The van der Waals surface area contributed by atoms with E-state index in [4.69, 9.17) is 4.74 Å². The zero-order valence-electron chi connectivity index (χ0n) is 24.1. The summed E-state index contributed by atoms with van der Waals surface area (Å²) in [5.74, 6) is -0.326. The van der Waals surface area contributed by atoms with Crippen LogP contribution < -0.4 is 0 Å². The van der Waals surface area contributed by atoms with Crippen LogP contribution in [0.15, 0.2) is 23.3 Å². The molecular weight excluding hydrogens is 462 g/mol. The zero-order valence-corrected chi connectivity index (χ0v) is 24.1. The molecule has 0 bridgehead atoms.